The summed E-state index contributed by atoms with van der Waals surface area (Å²) in [5.41, 5.74) is -0.560. The summed E-state index contributed by atoms with van der Waals surface area (Å²) < 4.78 is 44.9. The molecule has 2 fully saturated rings. The van der Waals surface area contributed by atoms with Crippen LogP contribution in [0.2, 0.25) is 0 Å². The van der Waals surface area contributed by atoms with Crippen molar-refractivity contribution < 1.29 is 32.3 Å². The molecule has 0 aromatic heterocycles. The van der Waals surface area contributed by atoms with Crippen LogP contribution in [0.25, 0.3) is 0 Å². The van der Waals surface area contributed by atoms with Crippen LogP contribution in [0.15, 0.2) is 12.1 Å². The van der Waals surface area contributed by atoms with Crippen LogP contribution in [0.5, 0.6) is 0 Å². The summed E-state index contributed by atoms with van der Waals surface area (Å²) in [5, 5.41) is 2.06. The number of anilines is 1. The molecule has 9 heteroatoms. The zero-order chi connectivity index (χ0) is 20.4. The lowest BCUT2D eigenvalue weighted by molar-refractivity contribution is -0.157. The van der Waals surface area contributed by atoms with Crippen LogP contribution in [0.3, 0.4) is 0 Å². The zero-order valence-corrected chi connectivity index (χ0v) is 15.3. The predicted octanol–water partition coefficient (Wildman–Crippen LogP) is 2.77. The smallest absolute Gasteiger partial charge is 0.312 e. The molecule has 28 heavy (non-hydrogen) atoms. The summed E-state index contributed by atoms with van der Waals surface area (Å²) in [6, 6.07) is 1.70. The van der Waals surface area contributed by atoms with Gasteiger partial charge in [-0.2, -0.15) is 0 Å². The van der Waals surface area contributed by atoms with E-state index in [0.29, 0.717) is 6.07 Å². The number of hydrogen-bond acceptors (Lipinski definition) is 4. The number of nitrogens with one attached hydrogen (secondary N) is 1. The van der Waals surface area contributed by atoms with E-state index in [1.165, 1.54) is 6.92 Å². The molecule has 2 atom stereocenters. The minimum absolute atomic E-state index is 0.0292. The summed E-state index contributed by atoms with van der Waals surface area (Å²) in [4.78, 5) is 38.3. The van der Waals surface area contributed by atoms with Gasteiger partial charge in [0.25, 0.3) is 5.91 Å². The molecule has 1 aromatic carbocycles. The maximum atomic E-state index is 13.6. The minimum Gasteiger partial charge on any atom is -0.452 e. The van der Waals surface area contributed by atoms with Crippen LogP contribution in [0, 0.1) is 23.4 Å². The number of ether oxygens (including phenoxy) is 1. The van der Waals surface area contributed by atoms with Gasteiger partial charge in [-0.25, -0.2) is 13.2 Å². The molecule has 152 valence electrons. The molecule has 1 N–H and O–H groups in total. The number of esters is 1. The third-order valence-corrected chi connectivity index (χ3v) is 5.21. The molecular formula is C19H21F3N2O4. The van der Waals surface area contributed by atoms with E-state index in [9.17, 15) is 27.6 Å². The van der Waals surface area contributed by atoms with Gasteiger partial charge in [0.15, 0.2) is 23.6 Å². The van der Waals surface area contributed by atoms with Gasteiger partial charge < -0.3 is 15.0 Å². The summed E-state index contributed by atoms with van der Waals surface area (Å²) in [6.07, 6.45) is 2.69. The first-order valence-corrected chi connectivity index (χ1v) is 9.22. The molecule has 1 aromatic rings. The Kier molecular flexibility index (Phi) is 5.90. The summed E-state index contributed by atoms with van der Waals surface area (Å²) in [6.45, 7) is 1.53. The highest BCUT2D eigenvalue weighted by Crippen LogP contribution is 2.30. The molecule has 1 heterocycles. The molecule has 0 spiro atoms. The fourth-order valence-electron chi connectivity index (χ4n) is 3.64. The van der Waals surface area contributed by atoms with E-state index in [-0.39, 0.29) is 24.9 Å². The van der Waals surface area contributed by atoms with E-state index in [0.717, 1.165) is 31.7 Å². The number of hydrogen-bond donors (Lipinski definition) is 1. The Labute approximate surface area is 160 Å². The van der Waals surface area contributed by atoms with Crippen LogP contribution in [-0.4, -0.2) is 41.4 Å². The lowest BCUT2D eigenvalue weighted by Crippen LogP contribution is -2.36. The monoisotopic (exact) mass is 398 g/mol. The van der Waals surface area contributed by atoms with Crippen molar-refractivity contribution >= 4 is 23.5 Å². The van der Waals surface area contributed by atoms with Gasteiger partial charge in [0, 0.05) is 19.0 Å². The topological polar surface area (TPSA) is 75.7 Å². The standard InChI is InChI=1S/C19H21F3N2O4/c1-10(18(26)23-14-7-6-13(20)16(21)17(14)22)28-19(27)11-8-15(25)24(9-11)12-4-2-3-5-12/h6-7,10-12H,2-5,8-9H2,1H3,(H,23,26)/t10-,11+/m1/s1. The molecule has 0 bridgehead atoms. The van der Waals surface area contributed by atoms with Crippen molar-refractivity contribution in [3.63, 3.8) is 0 Å². The second kappa shape index (κ2) is 8.20. The van der Waals surface area contributed by atoms with Crippen LogP contribution in [0.1, 0.15) is 39.0 Å². The third kappa shape index (κ3) is 4.13. The van der Waals surface area contributed by atoms with E-state index in [2.05, 4.69) is 5.32 Å². The molecule has 1 saturated carbocycles. The lowest BCUT2D eigenvalue weighted by atomic mass is 10.1. The fourth-order valence-corrected chi connectivity index (χ4v) is 3.64. The van der Waals surface area contributed by atoms with E-state index >= 15 is 0 Å². The maximum absolute atomic E-state index is 13.6. The van der Waals surface area contributed by atoms with Gasteiger partial charge in [-0.3, -0.25) is 14.4 Å². The van der Waals surface area contributed by atoms with Crippen LogP contribution >= 0.6 is 0 Å². The summed E-state index contributed by atoms with van der Waals surface area (Å²) in [7, 11) is 0. The molecule has 2 aliphatic rings. The van der Waals surface area contributed by atoms with Crippen molar-refractivity contribution in [3.05, 3.63) is 29.6 Å². The van der Waals surface area contributed by atoms with Gasteiger partial charge in [0.2, 0.25) is 5.91 Å². The fraction of sp³-hybridized carbons (Fsp3) is 0.526. The average Bonchev–Trinajstić information content (AvgIpc) is 3.31. The van der Waals surface area contributed by atoms with E-state index < -0.39 is 47.0 Å². The molecule has 3 rings (SSSR count). The summed E-state index contributed by atoms with van der Waals surface area (Å²) in [5.74, 6) is -6.98. The van der Waals surface area contributed by atoms with Crippen molar-refractivity contribution in [1.29, 1.82) is 0 Å². The second-order valence-electron chi connectivity index (χ2n) is 7.18. The number of amides is 2. The number of nitrogens with zero attached hydrogens (tertiary/aromatic N) is 1. The number of likely N-dealkylation sites (tertiary alicyclic amines) is 1. The number of benzene rings is 1. The number of rotatable bonds is 5. The van der Waals surface area contributed by atoms with Crippen LogP contribution < -0.4 is 5.32 Å². The predicted molar refractivity (Wildman–Crippen MR) is 92.6 cm³/mol. The van der Waals surface area contributed by atoms with Gasteiger partial charge in [-0.05, 0) is 31.9 Å². The molecule has 0 radical (unpaired) electrons. The van der Waals surface area contributed by atoms with Crippen LogP contribution in [-0.2, 0) is 19.1 Å². The quantitative estimate of drug-likeness (QED) is 0.611. The summed E-state index contributed by atoms with van der Waals surface area (Å²) >= 11 is 0. The van der Waals surface area contributed by atoms with Crippen molar-refractivity contribution in [2.75, 3.05) is 11.9 Å². The lowest BCUT2D eigenvalue weighted by Gasteiger charge is -2.24. The third-order valence-electron chi connectivity index (χ3n) is 5.21. The number of halogens is 3. The SMILES string of the molecule is C[C@@H](OC(=O)[C@H]1CC(=O)N(C2CCCC2)C1)C(=O)Nc1ccc(F)c(F)c1F. The van der Waals surface area contributed by atoms with Gasteiger partial charge in [-0.1, -0.05) is 12.8 Å². The van der Waals surface area contributed by atoms with E-state index in [4.69, 9.17) is 4.74 Å². The molecule has 1 saturated heterocycles. The zero-order valence-electron chi connectivity index (χ0n) is 15.3. The first-order chi connectivity index (χ1) is 13.3. The first kappa shape index (κ1) is 20.2. The average molecular weight is 398 g/mol. The Hall–Kier alpha value is -2.58. The van der Waals surface area contributed by atoms with Gasteiger partial charge >= 0.3 is 5.97 Å². The van der Waals surface area contributed by atoms with Crippen molar-refractivity contribution in [2.24, 2.45) is 5.92 Å². The highest BCUT2D eigenvalue weighted by Gasteiger charge is 2.40. The van der Waals surface area contributed by atoms with Gasteiger partial charge in [-0.15, -0.1) is 0 Å². The molecule has 1 aliphatic heterocycles. The van der Waals surface area contributed by atoms with Gasteiger partial charge in [0.05, 0.1) is 11.6 Å². The minimum atomic E-state index is -1.71. The molecule has 2 amide bonds. The molecule has 6 nitrogen and oxygen atoms in total. The maximum Gasteiger partial charge on any atom is 0.312 e. The Morgan fingerprint density at radius 2 is 1.86 bits per heavy atom. The van der Waals surface area contributed by atoms with Gasteiger partial charge in [0.1, 0.15) is 0 Å². The number of carbonyl (C=O) groups is 3. The van der Waals surface area contributed by atoms with Crippen LogP contribution in [0.4, 0.5) is 18.9 Å². The van der Waals surface area contributed by atoms with Crippen molar-refractivity contribution in [3.8, 4) is 0 Å². The number of carbonyl (C=O) groups excluding carboxylic acids is 3. The van der Waals surface area contributed by atoms with E-state index in [1.54, 1.807) is 4.90 Å². The Bertz CT molecular complexity index is 796. The van der Waals surface area contributed by atoms with Crippen molar-refractivity contribution in [2.45, 2.75) is 51.2 Å². The Morgan fingerprint density at radius 3 is 2.54 bits per heavy atom. The van der Waals surface area contributed by atoms with Crippen molar-refractivity contribution in [1.82, 2.24) is 4.90 Å². The molecule has 0 unspecified atom stereocenters. The Balaban J connectivity index is 1.56. The highest BCUT2D eigenvalue weighted by atomic mass is 19.2. The molecular weight excluding hydrogens is 377 g/mol. The molecule has 1 aliphatic carbocycles. The Morgan fingerprint density at radius 1 is 1.18 bits per heavy atom. The second-order valence-corrected chi connectivity index (χ2v) is 7.18. The largest absolute Gasteiger partial charge is 0.452 e. The normalized spacial score (nSPS) is 21.1. The highest BCUT2D eigenvalue weighted by molar-refractivity contribution is 5.96. The first-order valence-electron chi connectivity index (χ1n) is 9.22. The van der Waals surface area contributed by atoms with E-state index in [1.807, 2.05) is 0 Å².